The van der Waals surface area contributed by atoms with E-state index in [4.69, 9.17) is 0 Å². The molecule has 0 radical (unpaired) electrons. The summed E-state index contributed by atoms with van der Waals surface area (Å²) in [7, 11) is 3.65. The molecule has 12 heavy (non-hydrogen) atoms. The van der Waals surface area contributed by atoms with Gasteiger partial charge in [-0.25, -0.2) is 0 Å². The van der Waals surface area contributed by atoms with E-state index in [2.05, 4.69) is 15.3 Å². The van der Waals surface area contributed by atoms with Gasteiger partial charge in [0.05, 0.1) is 11.4 Å². The molecule has 1 heterocycles. The largest absolute Gasteiger partial charge is 0.314 e. The number of pyridine rings is 1. The zero-order chi connectivity index (χ0) is 8.81. The molecule has 1 N–H and O–H groups in total. The van der Waals surface area contributed by atoms with Crippen LogP contribution in [0.3, 0.4) is 0 Å². The highest BCUT2D eigenvalue weighted by molar-refractivity contribution is 5.76. The third kappa shape index (κ3) is 2.43. The van der Waals surface area contributed by atoms with Crippen molar-refractivity contribution in [3.8, 4) is 0 Å². The Bertz CT molecular complexity index is 268. The standard InChI is InChI=1S/C9H13N3/c1-10-6-8-4-3-5-9(12-8)7-11-2/h3-6,11H,7H2,1-2H3. The highest BCUT2D eigenvalue weighted by Crippen LogP contribution is 1.96. The minimum absolute atomic E-state index is 0.797. The molecule has 1 aromatic heterocycles. The van der Waals surface area contributed by atoms with Crippen molar-refractivity contribution in [1.29, 1.82) is 0 Å². The van der Waals surface area contributed by atoms with Gasteiger partial charge in [-0.2, -0.15) is 0 Å². The number of aromatic nitrogens is 1. The van der Waals surface area contributed by atoms with E-state index in [-0.39, 0.29) is 0 Å². The molecule has 0 amide bonds. The molecule has 0 fully saturated rings. The van der Waals surface area contributed by atoms with Crippen LogP contribution in [0.2, 0.25) is 0 Å². The Labute approximate surface area is 72.6 Å². The van der Waals surface area contributed by atoms with Crippen LogP contribution in [0.4, 0.5) is 0 Å². The minimum atomic E-state index is 0.797. The predicted octanol–water partition coefficient (Wildman–Crippen LogP) is 0.850. The van der Waals surface area contributed by atoms with Crippen LogP contribution in [-0.4, -0.2) is 25.3 Å². The molecule has 0 atom stereocenters. The van der Waals surface area contributed by atoms with Crippen LogP contribution in [0, 0.1) is 0 Å². The van der Waals surface area contributed by atoms with Gasteiger partial charge >= 0.3 is 0 Å². The topological polar surface area (TPSA) is 37.3 Å². The van der Waals surface area contributed by atoms with Crippen molar-refractivity contribution in [3.05, 3.63) is 29.6 Å². The van der Waals surface area contributed by atoms with Crippen LogP contribution >= 0.6 is 0 Å². The Hall–Kier alpha value is -1.22. The second kappa shape index (κ2) is 4.62. The van der Waals surface area contributed by atoms with Gasteiger partial charge in [-0.15, -0.1) is 0 Å². The molecule has 0 saturated carbocycles. The monoisotopic (exact) mass is 163 g/mol. The van der Waals surface area contributed by atoms with Crippen molar-refractivity contribution in [2.75, 3.05) is 14.1 Å². The molecule has 0 aromatic carbocycles. The summed E-state index contributed by atoms with van der Waals surface area (Å²) in [6.07, 6.45) is 1.75. The lowest BCUT2D eigenvalue weighted by Crippen LogP contribution is -2.07. The van der Waals surface area contributed by atoms with E-state index >= 15 is 0 Å². The lowest BCUT2D eigenvalue weighted by molar-refractivity contribution is 0.790. The van der Waals surface area contributed by atoms with E-state index in [1.165, 1.54) is 0 Å². The summed E-state index contributed by atoms with van der Waals surface area (Å²) >= 11 is 0. The fraction of sp³-hybridized carbons (Fsp3) is 0.333. The van der Waals surface area contributed by atoms with Gasteiger partial charge in [0.1, 0.15) is 0 Å². The van der Waals surface area contributed by atoms with Crippen LogP contribution in [0.25, 0.3) is 0 Å². The Morgan fingerprint density at radius 2 is 2.42 bits per heavy atom. The first-order valence-corrected chi connectivity index (χ1v) is 3.89. The molecule has 1 aromatic rings. The summed E-state index contributed by atoms with van der Waals surface area (Å²) < 4.78 is 0. The predicted molar refractivity (Wildman–Crippen MR) is 50.5 cm³/mol. The SMILES string of the molecule is CN=Cc1cccc(CNC)n1. The molecule has 0 unspecified atom stereocenters. The van der Waals surface area contributed by atoms with Gasteiger partial charge in [-0.3, -0.25) is 9.98 Å². The molecule has 0 bridgehead atoms. The van der Waals surface area contributed by atoms with Crippen molar-refractivity contribution >= 4 is 6.21 Å². The number of aliphatic imine (C=N–C) groups is 1. The molecule has 0 spiro atoms. The van der Waals surface area contributed by atoms with E-state index in [0.717, 1.165) is 17.9 Å². The quantitative estimate of drug-likeness (QED) is 0.671. The summed E-state index contributed by atoms with van der Waals surface area (Å²) in [5, 5.41) is 3.05. The first-order chi connectivity index (χ1) is 5.86. The van der Waals surface area contributed by atoms with E-state index in [0.29, 0.717) is 0 Å². The zero-order valence-corrected chi connectivity index (χ0v) is 7.41. The summed E-state index contributed by atoms with van der Waals surface area (Å²) in [4.78, 5) is 8.24. The summed E-state index contributed by atoms with van der Waals surface area (Å²) in [5.74, 6) is 0. The van der Waals surface area contributed by atoms with Crippen molar-refractivity contribution in [3.63, 3.8) is 0 Å². The Morgan fingerprint density at radius 3 is 3.08 bits per heavy atom. The average Bonchev–Trinajstić information content (AvgIpc) is 2.06. The number of hydrogen-bond donors (Lipinski definition) is 1. The van der Waals surface area contributed by atoms with Gasteiger partial charge in [0.15, 0.2) is 0 Å². The summed E-state index contributed by atoms with van der Waals surface area (Å²) in [6, 6.07) is 5.91. The second-order valence-electron chi connectivity index (χ2n) is 2.47. The molecule has 0 aliphatic carbocycles. The van der Waals surface area contributed by atoms with Gasteiger partial charge in [0, 0.05) is 19.8 Å². The molecule has 1 rings (SSSR count). The first kappa shape index (κ1) is 8.87. The van der Waals surface area contributed by atoms with E-state index in [9.17, 15) is 0 Å². The molecule has 64 valence electrons. The highest BCUT2D eigenvalue weighted by atomic mass is 14.9. The van der Waals surface area contributed by atoms with Crippen LogP contribution < -0.4 is 5.32 Å². The minimum Gasteiger partial charge on any atom is -0.314 e. The van der Waals surface area contributed by atoms with Crippen LogP contribution in [0.15, 0.2) is 23.2 Å². The Morgan fingerprint density at radius 1 is 1.58 bits per heavy atom. The third-order valence-electron chi connectivity index (χ3n) is 1.45. The van der Waals surface area contributed by atoms with E-state index < -0.39 is 0 Å². The van der Waals surface area contributed by atoms with Crippen molar-refractivity contribution < 1.29 is 0 Å². The lowest BCUT2D eigenvalue weighted by Gasteiger charge is -1.99. The maximum Gasteiger partial charge on any atom is 0.0811 e. The van der Waals surface area contributed by atoms with Crippen LogP contribution in [0.1, 0.15) is 11.4 Å². The average molecular weight is 163 g/mol. The first-order valence-electron chi connectivity index (χ1n) is 3.89. The van der Waals surface area contributed by atoms with Crippen molar-refractivity contribution in [2.24, 2.45) is 4.99 Å². The summed E-state index contributed by atoms with van der Waals surface area (Å²) in [6.45, 7) is 0.797. The molecular weight excluding hydrogens is 150 g/mol. The zero-order valence-electron chi connectivity index (χ0n) is 7.41. The van der Waals surface area contributed by atoms with Gasteiger partial charge < -0.3 is 5.32 Å². The molecule has 0 aliphatic heterocycles. The smallest absolute Gasteiger partial charge is 0.0811 e. The molecule has 0 saturated heterocycles. The fourth-order valence-corrected chi connectivity index (χ4v) is 0.982. The van der Waals surface area contributed by atoms with Gasteiger partial charge in [-0.05, 0) is 19.2 Å². The van der Waals surface area contributed by atoms with Gasteiger partial charge in [0.25, 0.3) is 0 Å². The van der Waals surface area contributed by atoms with Crippen molar-refractivity contribution in [1.82, 2.24) is 10.3 Å². The third-order valence-corrected chi connectivity index (χ3v) is 1.45. The number of nitrogens with one attached hydrogen (secondary N) is 1. The Kier molecular flexibility index (Phi) is 3.41. The van der Waals surface area contributed by atoms with E-state index in [1.54, 1.807) is 13.3 Å². The number of rotatable bonds is 3. The normalized spacial score (nSPS) is 10.8. The molecule has 0 aliphatic rings. The molecule has 3 heteroatoms. The van der Waals surface area contributed by atoms with Gasteiger partial charge in [-0.1, -0.05) is 6.07 Å². The number of nitrogens with zero attached hydrogens (tertiary/aromatic N) is 2. The van der Waals surface area contributed by atoms with Crippen molar-refractivity contribution in [2.45, 2.75) is 6.54 Å². The van der Waals surface area contributed by atoms with Gasteiger partial charge in [0.2, 0.25) is 0 Å². The Balaban J connectivity index is 2.80. The van der Waals surface area contributed by atoms with E-state index in [1.807, 2.05) is 25.2 Å². The highest BCUT2D eigenvalue weighted by Gasteiger charge is 1.92. The fourth-order valence-electron chi connectivity index (χ4n) is 0.982. The van der Waals surface area contributed by atoms with Crippen LogP contribution in [-0.2, 0) is 6.54 Å². The second-order valence-corrected chi connectivity index (χ2v) is 2.47. The molecular formula is C9H13N3. The molecule has 3 nitrogen and oxygen atoms in total. The maximum atomic E-state index is 4.34. The maximum absolute atomic E-state index is 4.34. The number of hydrogen-bond acceptors (Lipinski definition) is 3. The summed E-state index contributed by atoms with van der Waals surface area (Å²) in [5.41, 5.74) is 1.94. The lowest BCUT2D eigenvalue weighted by atomic mass is 10.3. The van der Waals surface area contributed by atoms with Crippen LogP contribution in [0.5, 0.6) is 0 Å².